The quantitative estimate of drug-likeness (QED) is 0.276. The summed E-state index contributed by atoms with van der Waals surface area (Å²) in [5, 5.41) is 0. The van der Waals surface area contributed by atoms with Gasteiger partial charge in [0.05, 0.1) is 0 Å². The van der Waals surface area contributed by atoms with Crippen LogP contribution in [0.25, 0.3) is 0 Å². The molecule has 0 radical (unpaired) electrons. The summed E-state index contributed by atoms with van der Waals surface area (Å²) >= 11 is 0. The zero-order chi connectivity index (χ0) is 37.4. The van der Waals surface area contributed by atoms with Crippen molar-refractivity contribution in [1.29, 1.82) is 0 Å². The van der Waals surface area contributed by atoms with Gasteiger partial charge in [-0.2, -0.15) is 0 Å². The summed E-state index contributed by atoms with van der Waals surface area (Å²) in [6, 6.07) is 11.6. The maximum atomic E-state index is 3.51. The third-order valence-electron chi connectivity index (χ3n) is 24.6. The molecule has 22 atom stereocenters. The molecule has 0 spiro atoms. The number of fused-ring (bicyclic) bond motifs is 18. The second-order valence-electron chi connectivity index (χ2n) is 25.7. The van der Waals surface area contributed by atoms with Gasteiger partial charge in [-0.25, -0.2) is 0 Å². The lowest BCUT2D eigenvalue weighted by molar-refractivity contribution is -0.00414. The van der Waals surface area contributed by atoms with Crippen molar-refractivity contribution in [1.82, 2.24) is 19.6 Å². The molecule has 0 aromatic heterocycles. The second kappa shape index (κ2) is 13.7. The van der Waals surface area contributed by atoms with Gasteiger partial charge in [-0.1, -0.05) is 77.0 Å². The number of nitrogens with zero attached hydrogens (tertiary/aromatic N) is 4. The van der Waals surface area contributed by atoms with Crippen LogP contribution in [0.3, 0.4) is 0 Å². The van der Waals surface area contributed by atoms with E-state index in [0.717, 1.165) is 144 Å². The highest BCUT2D eigenvalue weighted by Gasteiger charge is 2.71. The Balaban J connectivity index is 0.729. The molecule has 15 fully saturated rings. The molecular weight excluding hydrogens is 705 g/mol. The van der Waals surface area contributed by atoms with Gasteiger partial charge in [0, 0.05) is 72.5 Å². The van der Waals surface area contributed by atoms with Crippen LogP contribution in [0.15, 0.2) is 0 Å². The molecule has 9 saturated carbocycles. The minimum Gasteiger partial charge on any atom is -0.294 e. The highest BCUT2D eigenvalue weighted by molar-refractivity contribution is 5.24. The summed E-state index contributed by atoms with van der Waals surface area (Å²) in [7, 11) is 0. The lowest BCUT2D eigenvalue weighted by Crippen LogP contribution is -2.55. The van der Waals surface area contributed by atoms with E-state index in [1.807, 2.05) is 0 Å². The predicted octanol–water partition coefficient (Wildman–Crippen LogP) is 10.9. The maximum Gasteiger partial charge on any atom is 0.0164 e. The highest BCUT2D eigenvalue weighted by Crippen LogP contribution is 2.69. The van der Waals surface area contributed by atoms with E-state index >= 15 is 0 Å². The molecule has 4 heteroatoms. The van der Waals surface area contributed by atoms with Crippen LogP contribution in [-0.2, 0) is 0 Å². The van der Waals surface area contributed by atoms with Gasteiger partial charge in [0.1, 0.15) is 0 Å². The van der Waals surface area contributed by atoms with Crippen molar-refractivity contribution in [3.8, 4) is 0 Å². The molecule has 0 N–H and O–H groups in total. The molecule has 15 rings (SSSR count). The van der Waals surface area contributed by atoms with Gasteiger partial charge in [-0.15, -0.1) is 0 Å². The van der Waals surface area contributed by atoms with Crippen LogP contribution in [0.5, 0.6) is 0 Å². The standard InChI is InChI=1S/C54H84N4/c1-3-13-31(14-4-1)55-45-23-9-7-17-33(45)39-25-49-41(27-47(39)55)35-19-11-21-37-43-30-52-44(29-51(43)57(49)53(35)37)38-22-12-20-36-42-28-48-40(26-50(42)58(52)54(36)38)34-18-8-10-24-46(34)56(48)32-15-5-2-6-16-32/h31-54H,1-30H2. The Bertz CT molecular complexity index is 1450. The third-order valence-corrected chi connectivity index (χ3v) is 24.6. The van der Waals surface area contributed by atoms with E-state index in [9.17, 15) is 0 Å². The lowest BCUT2D eigenvalue weighted by atomic mass is 9.59. The van der Waals surface area contributed by atoms with E-state index in [0.29, 0.717) is 0 Å². The first-order valence-corrected chi connectivity index (χ1v) is 27.9. The van der Waals surface area contributed by atoms with Crippen LogP contribution in [0.2, 0.25) is 0 Å². The van der Waals surface area contributed by atoms with Crippen molar-refractivity contribution < 1.29 is 0 Å². The average molecular weight is 789 g/mol. The van der Waals surface area contributed by atoms with Crippen molar-refractivity contribution in [2.75, 3.05) is 0 Å². The van der Waals surface area contributed by atoms with Crippen LogP contribution in [0, 0.1) is 71.0 Å². The fraction of sp³-hybridized carbons (Fsp3) is 1.00. The zero-order valence-electron chi connectivity index (χ0n) is 36.9. The van der Waals surface area contributed by atoms with Crippen molar-refractivity contribution >= 4 is 0 Å². The molecule has 0 aromatic carbocycles. The van der Waals surface area contributed by atoms with Crippen molar-refractivity contribution in [3.63, 3.8) is 0 Å². The SMILES string of the molecule is C1CCC(N2C3CCCCC3C3CC4C(CC32)C2CCCC3C5CC6C(CC5N4C23)C2CCCC3C4CC5C(CC4N6C32)C2CCCCC2N5C2CCCCC2)CC1. The fourth-order valence-corrected chi connectivity index (χ4v) is 23.5. The van der Waals surface area contributed by atoms with E-state index in [-0.39, 0.29) is 0 Å². The van der Waals surface area contributed by atoms with Crippen LogP contribution < -0.4 is 0 Å². The van der Waals surface area contributed by atoms with E-state index in [1.165, 1.54) is 77.0 Å². The van der Waals surface area contributed by atoms with Gasteiger partial charge in [-0.3, -0.25) is 19.6 Å². The predicted molar refractivity (Wildman–Crippen MR) is 233 cm³/mol. The summed E-state index contributed by atoms with van der Waals surface area (Å²) in [6.45, 7) is 0. The first kappa shape index (κ1) is 36.2. The van der Waals surface area contributed by atoms with Gasteiger partial charge in [0.25, 0.3) is 0 Å². The van der Waals surface area contributed by atoms with Crippen LogP contribution in [0.4, 0.5) is 0 Å². The van der Waals surface area contributed by atoms with Gasteiger partial charge in [-0.05, 0) is 187 Å². The second-order valence-corrected chi connectivity index (χ2v) is 25.7. The van der Waals surface area contributed by atoms with E-state index in [4.69, 9.17) is 0 Å². The monoisotopic (exact) mass is 789 g/mol. The fourth-order valence-electron chi connectivity index (χ4n) is 23.5. The highest BCUT2D eigenvalue weighted by atomic mass is 15.4. The minimum atomic E-state index is 0.949. The van der Waals surface area contributed by atoms with Crippen LogP contribution in [0.1, 0.15) is 193 Å². The number of rotatable bonds is 2. The molecular formula is C54H84N4. The number of likely N-dealkylation sites (tertiary alicyclic amines) is 2. The van der Waals surface area contributed by atoms with Crippen molar-refractivity contribution in [2.45, 2.75) is 265 Å². The smallest absolute Gasteiger partial charge is 0.0164 e. The molecule has 6 heterocycles. The van der Waals surface area contributed by atoms with Crippen molar-refractivity contribution in [3.05, 3.63) is 0 Å². The Labute approximate surface area is 354 Å². The molecule has 22 unspecified atom stereocenters. The summed E-state index contributed by atoms with van der Waals surface area (Å²) in [5.41, 5.74) is 0. The van der Waals surface area contributed by atoms with E-state index in [1.54, 1.807) is 116 Å². The Morgan fingerprint density at radius 1 is 0.190 bits per heavy atom. The summed E-state index contributed by atoms with van der Waals surface area (Å²) in [4.78, 5) is 13.7. The molecule has 0 aromatic rings. The van der Waals surface area contributed by atoms with Crippen LogP contribution in [-0.4, -0.2) is 92.1 Å². The molecule has 0 amide bonds. The lowest BCUT2D eigenvalue weighted by Gasteiger charge is -2.51. The van der Waals surface area contributed by atoms with E-state index in [2.05, 4.69) is 19.6 Å². The van der Waals surface area contributed by atoms with E-state index < -0.39 is 0 Å². The van der Waals surface area contributed by atoms with Gasteiger partial charge >= 0.3 is 0 Å². The molecule has 320 valence electrons. The Morgan fingerprint density at radius 3 is 0.828 bits per heavy atom. The van der Waals surface area contributed by atoms with Gasteiger partial charge in [0.2, 0.25) is 0 Å². The molecule has 58 heavy (non-hydrogen) atoms. The molecule has 0 bridgehead atoms. The summed E-state index contributed by atoms with van der Waals surface area (Å²) < 4.78 is 0. The third kappa shape index (κ3) is 4.86. The Hall–Kier alpha value is -0.160. The first-order valence-electron chi connectivity index (χ1n) is 27.9. The van der Waals surface area contributed by atoms with Crippen molar-refractivity contribution in [2.24, 2.45) is 71.0 Å². The summed E-state index contributed by atoms with van der Waals surface area (Å²) in [6.07, 6.45) is 47.1. The largest absolute Gasteiger partial charge is 0.294 e. The normalized spacial score (nSPS) is 59.0. The number of hydrogen-bond donors (Lipinski definition) is 0. The molecule has 4 nitrogen and oxygen atoms in total. The topological polar surface area (TPSA) is 13.0 Å². The number of hydrogen-bond acceptors (Lipinski definition) is 4. The van der Waals surface area contributed by atoms with Crippen LogP contribution >= 0.6 is 0 Å². The first-order chi connectivity index (χ1) is 28.8. The average Bonchev–Trinajstić information content (AvgIpc) is 4.10. The summed E-state index contributed by atoms with van der Waals surface area (Å²) in [5.74, 6) is 12.6. The molecule has 9 aliphatic carbocycles. The molecule has 15 aliphatic rings. The molecule has 6 saturated heterocycles. The van der Waals surface area contributed by atoms with Gasteiger partial charge in [0.15, 0.2) is 0 Å². The van der Waals surface area contributed by atoms with Gasteiger partial charge < -0.3 is 0 Å². The minimum absolute atomic E-state index is 0.949. The molecule has 6 aliphatic heterocycles. The Morgan fingerprint density at radius 2 is 0.466 bits per heavy atom. The maximum absolute atomic E-state index is 3.51. The zero-order valence-corrected chi connectivity index (χ0v) is 36.9. The Kier molecular flexibility index (Phi) is 8.54.